The van der Waals surface area contributed by atoms with E-state index in [4.69, 9.17) is 4.74 Å². The zero-order chi connectivity index (χ0) is 11.0. The van der Waals surface area contributed by atoms with Crippen molar-refractivity contribution in [3.8, 4) is 0 Å². The number of halogens is 1. The summed E-state index contributed by atoms with van der Waals surface area (Å²) in [6.07, 6.45) is 4.58. The number of benzene rings is 1. The molecule has 2 aliphatic rings. The lowest BCUT2D eigenvalue weighted by Crippen LogP contribution is -2.24. The minimum atomic E-state index is -0.186. The number of fused-ring (bicyclic) bond motifs is 2. The summed E-state index contributed by atoms with van der Waals surface area (Å²) in [6.45, 7) is 0.937. The Hall–Kier alpha value is -1.09. The molecule has 3 atom stereocenters. The van der Waals surface area contributed by atoms with Gasteiger partial charge in [0.05, 0.1) is 12.2 Å². The first kappa shape index (κ1) is 10.1. The van der Waals surface area contributed by atoms with Crippen molar-refractivity contribution in [1.29, 1.82) is 0 Å². The van der Waals surface area contributed by atoms with Crippen LogP contribution >= 0.6 is 0 Å². The van der Waals surface area contributed by atoms with Crippen molar-refractivity contribution < 1.29 is 9.13 Å². The van der Waals surface area contributed by atoms with Crippen LogP contribution in [0, 0.1) is 11.7 Å². The van der Waals surface area contributed by atoms with E-state index in [9.17, 15) is 4.39 Å². The van der Waals surface area contributed by atoms with Crippen molar-refractivity contribution in [3.05, 3.63) is 30.1 Å². The standard InChI is InChI=1S/C13H16FNO/c14-10-1-3-11(4-2-10)15-8-9-7-12-5-6-13(9)16-12/h1-4,9,12-13,15H,5-8H2. The molecule has 0 amide bonds. The lowest BCUT2D eigenvalue weighted by molar-refractivity contribution is 0.0941. The summed E-state index contributed by atoms with van der Waals surface area (Å²) in [7, 11) is 0. The summed E-state index contributed by atoms with van der Waals surface area (Å²) < 4.78 is 18.5. The van der Waals surface area contributed by atoms with Crippen LogP contribution < -0.4 is 5.32 Å². The fourth-order valence-corrected chi connectivity index (χ4v) is 2.77. The molecular formula is C13H16FNO. The van der Waals surface area contributed by atoms with Crippen LogP contribution in [0.4, 0.5) is 10.1 Å². The SMILES string of the molecule is Fc1ccc(NCC2CC3CCC2O3)cc1. The predicted octanol–water partition coefficient (Wildman–Crippen LogP) is 2.81. The van der Waals surface area contributed by atoms with Gasteiger partial charge in [-0.2, -0.15) is 0 Å². The van der Waals surface area contributed by atoms with Crippen molar-refractivity contribution in [2.24, 2.45) is 5.92 Å². The molecule has 3 rings (SSSR count). The molecule has 1 N–H and O–H groups in total. The second-order valence-corrected chi connectivity index (χ2v) is 4.76. The molecule has 16 heavy (non-hydrogen) atoms. The first-order chi connectivity index (χ1) is 7.81. The van der Waals surface area contributed by atoms with E-state index < -0.39 is 0 Å². The number of anilines is 1. The van der Waals surface area contributed by atoms with Crippen LogP contribution in [0.1, 0.15) is 19.3 Å². The Bertz CT molecular complexity index is 365. The maximum absolute atomic E-state index is 12.7. The zero-order valence-corrected chi connectivity index (χ0v) is 9.16. The van der Waals surface area contributed by atoms with Crippen molar-refractivity contribution in [2.75, 3.05) is 11.9 Å². The number of hydrogen-bond acceptors (Lipinski definition) is 2. The van der Waals surface area contributed by atoms with E-state index in [1.165, 1.54) is 31.4 Å². The van der Waals surface area contributed by atoms with Crippen LogP contribution in [0.2, 0.25) is 0 Å². The Labute approximate surface area is 94.8 Å². The van der Waals surface area contributed by atoms with Crippen LogP contribution in [0.25, 0.3) is 0 Å². The third-order valence-corrected chi connectivity index (χ3v) is 3.64. The molecule has 0 aliphatic carbocycles. The van der Waals surface area contributed by atoms with Crippen LogP contribution in [-0.4, -0.2) is 18.8 Å². The van der Waals surface area contributed by atoms with E-state index in [1.54, 1.807) is 12.1 Å². The van der Waals surface area contributed by atoms with Gasteiger partial charge in [-0.15, -0.1) is 0 Å². The maximum atomic E-state index is 12.7. The van der Waals surface area contributed by atoms with Gasteiger partial charge in [0.1, 0.15) is 5.82 Å². The fourth-order valence-electron chi connectivity index (χ4n) is 2.77. The first-order valence-corrected chi connectivity index (χ1v) is 5.96. The van der Waals surface area contributed by atoms with Gasteiger partial charge in [0.2, 0.25) is 0 Å². The number of nitrogens with one attached hydrogen (secondary N) is 1. The van der Waals surface area contributed by atoms with Gasteiger partial charge in [-0.1, -0.05) is 0 Å². The highest BCUT2D eigenvalue weighted by Gasteiger charge is 2.40. The number of ether oxygens (including phenoxy) is 1. The second-order valence-electron chi connectivity index (χ2n) is 4.76. The Morgan fingerprint density at radius 1 is 1.25 bits per heavy atom. The molecule has 0 aromatic heterocycles. The molecule has 2 aliphatic heterocycles. The van der Waals surface area contributed by atoms with Crippen molar-refractivity contribution in [2.45, 2.75) is 31.5 Å². The molecule has 3 heteroatoms. The van der Waals surface area contributed by atoms with Gasteiger partial charge in [0.25, 0.3) is 0 Å². The number of hydrogen-bond donors (Lipinski definition) is 1. The van der Waals surface area contributed by atoms with Gasteiger partial charge in [0, 0.05) is 18.2 Å². The highest BCUT2D eigenvalue weighted by molar-refractivity contribution is 5.42. The average Bonchev–Trinajstić information content (AvgIpc) is 2.90. The fraction of sp³-hybridized carbons (Fsp3) is 0.538. The Morgan fingerprint density at radius 3 is 2.69 bits per heavy atom. The molecule has 2 bridgehead atoms. The Morgan fingerprint density at radius 2 is 2.06 bits per heavy atom. The second kappa shape index (κ2) is 4.06. The molecule has 1 aromatic rings. The molecule has 86 valence electrons. The lowest BCUT2D eigenvalue weighted by Gasteiger charge is -2.19. The summed E-state index contributed by atoms with van der Waals surface area (Å²) in [4.78, 5) is 0. The Kier molecular flexibility index (Phi) is 2.56. The third kappa shape index (κ3) is 1.92. The maximum Gasteiger partial charge on any atom is 0.123 e. The molecule has 2 heterocycles. The quantitative estimate of drug-likeness (QED) is 0.847. The minimum Gasteiger partial charge on any atom is -0.385 e. The molecule has 0 saturated carbocycles. The predicted molar refractivity (Wildman–Crippen MR) is 60.9 cm³/mol. The van der Waals surface area contributed by atoms with E-state index in [0.29, 0.717) is 18.1 Å². The van der Waals surface area contributed by atoms with Crippen LogP contribution in [-0.2, 0) is 4.74 Å². The van der Waals surface area contributed by atoms with E-state index in [0.717, 1.165) is 12.2 Å². The van der Waals surface area contributed by atoms with E-state index in [-0.39, 0.29) is 5.82 Å². The minimum absolute atomic E-state index is 0.186. The van der Waals surface area contributed by atoms with Crippen molar-refractivity contribution in [3.63, 3.8) is 0 Å². The largest absolute Gasteiger partial charge is 0.385 e. The molecule has 0 spiro atoms. The van der Waals surface area contributed by atoms with E-state index >= 15 is 0 Å². The van der Waals surface area contributed by atoms with Gasteiger partial charge in [0.15, 0.2) is 0 Å². The third-order valence-electron chi connectivity index (χ3n) is 3.64. The van der Waals surface area contributed by atoms with Crippen LogP contribution in [0.3, 0.4) is 0 Å². The Balaban J connectivity index is 1.55. The van der Waals surface area contributed by atoms with Gasteiger partial charge in [-0.05, 0) is 43.5 Å². The van der Waals surface area contributed by atoms with E-state index in [1.807, 2.05) is 0 Å². The highest BCUT2D eigenvalue weighted by atomic mass is 19.1. The molecule has 3 unspecified atom stereocenters. The van der Waals surface area contributed by atoms with Crippen LogP contribution in [0.5, 0.6) is 0 Å². The lowest BCUT2D eigenvalue weighted by atomic mass is 9.89. The molecular weight excluding hydrogens is 205 g/mol. The van der Waals surface area contributed by atoms with Crippen LogP contribution in [0.15, 0.2) is 24.3 Å². The van der Waals surface area contributed by atoms with Gasteiger partial charge in [-0.25, -0.2) is 4.39 Å². The normalized spacial score (nSPS) is 31.9. The zero-order valence-electron chi connectivity index (χ0n) is 9.16. The number of rotatable bonds is 3. The summed E-state index contributed by atoms with van der Waals surface area (Å²) in [5.74, 6) is 0.442. The molecule has 2 saturated heterocycles. The molecule has 1 aromatic carbocycles. The van der Waals surface area contributed by atoms with Crippen molar-refractivity contribution in [1.82, 2.24) is 0 Å². The highest BCUT2D eigenvalue weighted by Crippen LogP contribution is 2.38. The van der Waals surface area contributed by atoms with E-state index in [2.05, 4.69) is 5.32 Å². The summed E-state index contributed by atoms with van der Waals surface area (Å²) in [6, 6.07) is 6.53. The molecule has 2 fully saturated rings. The van der Waals surface area contributed by atoms with Gasteiger partial charge < -0.3 is 10.1 Å². The van der Waals surface area contributed by atoms with Gasteiger partial charge in [-0.3, -0.25) is 0 Å². The summed E-state index contributed by atoms with van der Waals surface area (Å²) in [5.41, 5.74) is 0.990. The monoisotopic (exact) mass is 221 g/mol. The molecule has 0 radical (unpaired) electrons. The summed E-state index contributed by atoms with van der Waals surface area (Å²) >= 11 is 0. The first-order valence-electron chi connectivity index (χ1n) is 5.96. The summed E-state index contributed by atoms with van der Waals surface area (Å²) in [5, 5.41) is 3.35. The van der Waals surface area contributed by atoms with Gasteiger partial charge >= 0.3 is 0 Å². The van der Waals surface area contributed by atoms with Crippen molar-refractivity contribution >= 4 is 5.69 Å². The smallest absolute Gasteiger partial charge is 0.123 e. The topological polar surface area (TPSA) is 21.3 Å². The molecule has 2 nitrogen and oxygen atoms in total. The average molecular weight is 221 g/mol.